The van der Waals surface area contributed by atoms with Crippen LogP contribution in [-0.2, 0) is 14.4 Å². The predicted molar refractivity (Wildman–Crippen MR) is 113 cm³/mol. The summed E-state index contributed by atoms with van der Waals surface area (Å²) in [6.07, 6.45) is 1.60. The van der Waals surface area contributed by atoms with Crippen molar-refractivity contribution in [1.82, 2.24) is 15.3 Å². The van der Waals surface area contributed by atoms with E-state index in [9.17, 15) is 19.2 Å². The van der Waals surface area contributed by atoms with Gasteiger partial charge in [-0.1, -0.05) is 12.1 Å². The number of amides is 4. The third-order valence-electron chi connectivity index (χ3n) is 5.44. The van der Waals surface area contributed by atoms with E-state index >= 15 is 0 Å². The van der Waals surface area contributed by atoms with Gasteiger partial charge in [0.15, 0.2) is 0 Å². The standard InChI is InChI=1S/C22H24N4O5/c27-19-7-8-20(28)26(19)31-22(30)24-18-6-5-15-13-17(4-3-16(15)14-18)21(29)23-9-12-25-10-1-2-11-25/h3-6,13-14H,1-2,7-12H2,(H,23,29)(H,24,30). The van der Waals surface area contributed by atoms with Crippen molar-refractivity contribution in [3.05, 3.63) is 42.0 Å². The highest BCUT2D eigenvalue weighted by atomic mass is 16.7. The lowest BCUT2D eigenvalue weighted by atomic mass is 10.1. The van der Waals surface area contributed by atoms with Crippen LogP contribution < -0.4 is 10.6 Å². The van der Waals surface area contributed by atoms with Crippen LogP contribution in [0.4, 0.5) is 10.5 Å². The van der Waals surface area contributed by atoms with Crippen molar-refractivity contribution in [3.63, 3.8) is 0 Å². The molecule has 2 aromatic carbocycles. The third kappa shape index (κ3) is 5.00. The Labute approximate surface area is 179 Å². The van der Waals surface area contributed by atoms with Crippen molar-refractivity contribution in [2.75, 3.05) is 31.5 Å². The van der Waals surface area contributed by atoms with Gasteiger partial charge >= 0.3 is 6.09 Å². The summed E-state index contributed by atoms with van der Waals surface area (Å²) in [4.78, 5) is 54.6. The minimum Gasteiger partial charge on any atom is -0.351 e. The largest absolute Gasteiger partial charge is 0.436 e. The van der Waals surface area contributed by atoms with Crippen molar-refractivity contribution in [2.24, 2.45) is 0 Å². The van der Waals surface area contributed by atoms with Crippen molar-refractivity contribution in [3.8, 4) is 0 Å². The first kappa shape index (κ1) is 20.8. The van der Waals surface area contributed by atoms with Gasteiger partial charge in [-0.3, -0.25) is 19.7 Å². The fraction of sp³-hybridized carbons (Fsp3) is 0.364. The van der Waals surface area contributed by atoms with Crippen molar-refractivity contribution in [1.29, 1.82) is 0 Å². The average Bonchev–Trinajstić information content (AvgIpc) is 3.39. The minimum atomic E-state index is -0.919. The fourth-order valence-electron chi connectivity index (χ4n) is 3.78. The van der Waals surface area contributed by atoms with Crippen molar-refractivity contribution < 1.29 is 24.0 Å². The summed E-state index contributed by atoms with van der Waals surface area (Å²) in [7, 11) is 0. The summed E-state index contributed by atoms with van der Waals surface area (Å²) >= 11 is 0. The highest BCUT2D eigenvalue weighted by Gasteiger charge is 2.32. The molecular formula is C22H24N4O5. The quantitative estimate of drug-likeness (QED) is 0.689. The van der Waals surface area contributed by atoms with Gasteiger partial charge in [-0.25, -0.2) is 4.79 Å². The summed E-state index contributed by atoms with van der Waals surface area (Å²) in [6, 6.07) is 10.5. The normalized spacial score (nSPS) is 16.7. The van der Waals surface area contributed by atoms with Crippen molar-refractivity contribution >= 4 is 40.3 Å². The SMILES string of the molecule is O=C(Nc1ccc2cc(C(=O)NCCN3CCCC3)ccc2c1)ON1C(=O)CCC1=O. The summed E-state index contributed by atoms with van der Waals surface area (Å²) in [6.45, 7) is 3.67. The number of carbonyl (C=O) groups is 4. The molecule has 9 nitrogen and oxygen atoms in total. The summed E-state index contributed by atoms with van der Waals surface area (Å²) in [5, 5.41) is 7.61. The van der Waals surface area contributed by atoms with Crippen LogP contribution in [0.15, 0.2) is 36.4 Å². The predicted octanol–water partition coefficient (Wildman–Crippen LogP) is 2.28. The zero-order chi connectivity index (χ0) is 21.8. The molecule has 0 bridgehead atoms. The molecule has 0 unspecified atom stereocenters. The second-order valence-electron chi connectivity index (χ2n) is 7.67. The van der Waals surface area contributed by atoms with E-state index in [2.05, 4.69) is 15.5 Å². The highest BCUT2D eigenvalue weighted by Crippen LogP contribution is 2.21. The summed E-state index contributed by atoms with van der Waals surface area (Å²) < 4.78 is 0. The number of benzene rings is 2. The van der Waals surface area contributed by atoms with E-state index in [0.717, 1.165) is 30.4 Å². The first-order chi connectivity index (χ1) is 15.0. The van der Waals surface area contributed by atoms with Crippen LogP contribution in [0, 0.1) is 0 Å². The van der Waals surface area contributed by atoms with Gasteiger partial charge in [0, 0.05) is 37.2 Å². The van der Waals surface area contributed by atoms with Gasteiger partial charge in [0.1, 0.15) is 0 Å². The Bertz CT molecular complexity index is 1020. The van der Waals surface area contributed by atoms with Crippen LogP contribution in [0.3, 0.4) is 0 Å². The molecule has 2 aliphatic heterocycles. The Morgan fingerprint density at radius 2 is 1.61 bits per heavy atom. The Morgan fingerprint density at radius 1 is 0.935 bits per heavy atom. The molecular weight excluding hydrogens is 400 g/mol. The lowest BCUT2D eigenvalue weighted by Gasteiger charge is -2.15. The molecule has 4 amide bonds. The zero-order valence-electron chi connectivity index (χ0n) is 17.1. The molecule has 2 saturated heterocycles. The van der Waals surface area contributed by atoms with Gasteiger partial charge < -0.3 is 15.1 Å². The minimum absolute atomic E-state index is 0.0380. The number of carbonyl (C=O) groups excluding carboxylic acids is 4. The molecule has 9 heteroatoms. The number of fused-ring (bicyclic) bond motifs is 1. The number of nitrogens with one attached hydrogen (secondary N) is 2. The molecule has 0 saturated carbocycles. The number of imide groups is 1. The van der Waals surface area contributed by atoms with Crippen LogP contribution >= 0.6 is 0 Å². The molecule has 31 heavy (non-hydrogen) atoms. The first-order valence-corrected chi connectivity index (χ1v) is 10.4. The van der Waals surface area contributed by atoms with E-state index < -0.39 is 17.9 Å². The smallest absolute Gasteiger partial charge is 0.351 e. The maximum atomic E-state index is 12.4. The molecule has 0 atom stereocenters. The third-order valence-corrected chi connectivity index (χ3v) is 5.44. The molecule has 2 aliphatic rings. The van der Waals surface area contributed by atoms with E-state index in [1.807, 2.05) is 0 Å². The summed E-state index contributed by atoms with van der Waals surface area (Å²) in [5.41, 5.74) is 1.01. The number of nitrogens with zero attached hydrogens (tertiary/aromatic N) is 2. The van der Waals surface area contributed by atoms with E-state index in [1.54, 1.807) is 36.4 Å². The number of likely N-dealkylation sites (tertiary alicyclic amines) is 1. The van der Waals surface area contributed by atoms with Gasteiger partial charge in [0.2, 0.25) is 0 Å². The monoisotopic (exact) mass is 424 g/mol. The lowest BCUT2D eigenvalue weighted by Crippen LogP contribution is -2.33. The van der Waals surface area contributed by atoms with Crippen LogP contribution in [0.2, 0.25) is 0 Å². The Morgan fingerprint density at radius 3 is 2.35 bits per heavy atom. The maximum absolute atomic E-state index is 12.4. The molecule has 2 heterocycles. The number of rotatable bonds is 6. The molecule has 2 aromatic rings. The fourth-order valence-corrected chi connectivity index (χ4v) is 3.78. The topological polar surface area (TPSA) is 108 Å². The number of hydrogen-bond acceptors (Lipinski definition) is 6. The maximum Gasteiger partial charge on any atom is 0.436 e. The molecule has 162 valence electrons. The number of hydroxylamine groups is 2. The molecule has 2 N–H and O–H groups in total. The van der Waals surface area contributed by atoms with E-state index in [0.29, 0.717) is 22.9 Å². The molecule has 0 spiro atoms. The van der Waals surface area contributed by atoms with Crippen LogP contribution in [0.25, 0.3) is 10.8 Å². The van der Waals surface area contributed by atoms with Gasteiger partial charge in [-0.15, -0.1) is 5.06 Å². The lowest BCUT2D eigenvalue weighted by molar-refractivity contribution is -0.170. The van der Waals surface area contributed by atoms with Gasteiger partial charge in [0.25, 0.3) is 17.7 Å². The average molecular weight is 424 g/mol. The second-order valence-corrected chi connectivity index (χ2v) is 7.67. The van der Waals surface area contributed by atoms with E-state index in [1.165, 1.54) is 12.8 Å². The highest BCUT2D eigenvalue weighted by molar-refractivity contribution is 6.02. The second kappa shape index (κ2) is 9.13. The number of anilines is 1. The van der Waals surface area contributed by atoms with Gasteiger partial charge in [-0.2, -0.15) is 0 Å². The number of hydrogen-bond donors (Lipinski definition) is 2. The Hall–Kier alpha value is -3.46. The van der Waals surface area contributed by atoms with Crippen molar-refractivity contribution in [2.45, 2.75) is 25.7 Å². The molecule has 4 rings (SSSR count). The van der Waals surface area contributed by atoms with Crippen LogP contribution in [0.1, 0.15) is 36.0 Å². The molecule has 0 aromatic heterocycles. The van der Waals surface area contributed by atoms with E-state index in [-0.39, 0.29) is 18.7 Å². The van der Waals surface area contributed by atoms with Crippen LogP contribution in [0.5, 0.6) is 0 Å². The molecule has 0 aliphatic carbocycles. The van der Waals surface area contributed by atoms with E-state index in [4.69, 9.17) is 4.84 Å². The first-order valence-electron chi connectivity index (χ1n) is 10.4. The molecule has 2 fully saturated rings. The Kier molecular flexibility index (Phi) is 6.13. The molecule has 0 radical (unpaired) electrons. The van der Waals surface area contributed by atoms with Gasteiger partial charge in [0.05, 0.1) is 0 Å². The summed E-state index contributed by atoms with van der Waals surface area (Å²) in [5.74, 6) is -1.19. The Balaban J connectivity index is 1.35. The zero-order valence-corrected chi connectivity index (χ0v) is 17.1. The van der Waals surface area contributed by atoms with Crippen LogP contribution in [-0.4, -0.2) is 60.0 Å². The van der Waals surface area contributed by atoms with Gasteiger partial charge in [-0.05, 0) is 61.0 Å².